The summed E-state index contributed by atoms with van der Waals surface area (Å²) in [5, 5.41) is 2.13. The molecule has 2 heterocycles. The van der Waals surface area contributed by atoms with Crippen molar-refractivity contribution in [3.63, 3.8) is 0 Å². The number of pyridine rings is 2. The highest BCUT2D eigenvalue weighted by Crippen LogP contribution is 2.39. The zero-order valence-corrected chi connectivity index (χ0v) is 21.0. The average molecular weight is 497 g/mol. The minimum Gasteiger partial charge on any atom is -0.465 e. The summed E-state index contributed by atoms with van der Waals surface area (Å²) in [6, 6.07) is 32.9. The van der Waals surface area contributed by atoms with E-state index in [0.29, 0.717) is 16.3 Å². The summed E-state index contributed by atoms with van der Waals surface area (Å²) in [4.78, 5) is 31.7. The summed E-state index contributed by atoms with van der Waals surface area (Å²) in [5.41, 5.74) is 6.01. The minimum atomic E-state index is -0.453. The molecule has 0 N–H and O–H groups in total. The molecule has 0 saturated heterocycles. The van der Waals surface area contributed by atoms with E-state index in [9.17, 15) is 9.59 Å². The van der Waals surface area contributed by atoms with Crippen LogP contribution in [0.3, 0.4) is 0 Å². The van der Waals surface area contributed by atoms with E-state index >= 15 is 0 Å². The second kappa shape index (κ2) is 9.45. The van der Waals surface area contributed by atoms with Crippen LogP contribution in [0.15, 0.2) is 114 Å². The fraction of sp³-hybridized carbons (Fsp3) is 0.0606. The highest BCUT2D eigenvalue weighted by Gasteiger charge is 2.24. The Hall–Kier alpha value is -5.03. The van der Waals surface area contributed by atoms with Crippen LogP contribution in [-0.4, -0.2) is 22.6 Å². The quantitative estimate of drug-likeness (QED) is 0.247. The van der Waals surface area contributed by atoms with Crippen LogP contribution in [-0.2, 0) is 4.74 Å². The highest BCUT2D eigenvalue weighted by atomic mass is 16.5. The van der Waals surface area contributed by atoms with Crippen molar-refractivity contribution in [1.29, 1.82) is 0 Å². The Bertz CT molecular complexity index is 1890. The minimum absolute atomic E-state index is 0.184. The number of hydrogen-bond acceptors (Lipinski definition) is 4. The number of aromatic nitrogens is 2. The Labute approximate surface area is 219 Å². The summed E-state index contributed by atoms with van der Waals surface area (Å²) < 4.78 is 6.80. The van der Waals surface area contributed by atoms with Crippen LogP contribution < -0.4 is 5.56 Å². The van der Waals surface area contributed by atoms with Crippen molar-refractivity contribution in [1.82, 2.24) is 9.55 Å². The number of carbonyl (C=O) groups is 1. The lowest BCUT2D eigenvalue weighted by Crippen LogP contribution is -2.23. The summed E-state index contributed by atoms with van der Waals surface area (Å²) in [6.45, 7) is 2.00. The first-order valence-electron chi connectivity index (χ1n) is 12.3. The zero-order chi connectivity index (χ0) is 26.2. The third-order valence-corrected chi connectivity index (χ3v) is 6.89. The van der Waals surface area contributed by atoms with Crippen molar-refractivity contribution >= 4 is 27.6 Å². The molecule has 2 aromatic heterocycles. The van der Waals surface area contributed by atoms with Gasteiger partial charge >= 0.3 is 5.97 Å². The lowest BCUT2D eigenvalue weighted by molar-refractivity contribution is 0.0601. The maximum absolute atomic E-state index is 14.5. The Kier molecular flexibility index (Phi) is 5.81. The molecule has 0 atom stereocenters. The van der Waals surface area contributed by atoms with Gasteiger partial charge in [-0.15, -0.1) is 0 Å². The van der Waals surface area contributed by atoms with E-state index in [1.807, 2.05) is 91.9 Å². The van der Waals surface area contributed by atoms with Crippen molar-refractivity contribution in [2.75, 3.05) is 7.11 Å². The van der Waals surface area contributed by atoms with E-state index in [1.54, 1.807) is 29.0 Å². The predicted octanol–water partition coefficient (Wildman–Crippen LogP) is 6.97. The van der Waals surface area contributed by atoms with Crippen LogP contribution in [0.5, 0.6) is 0 Å². The first-order valence-corrected chi connectivity index (χ1v) is 12.3. The van der Waals surface area contributed by atoms with Crippen LogP contribution in [0, 0.1) is 6.92 Å². The largest absolute Gasteiger partial charge is 0.465 e. The monoisotopic (exact) mass is 496 g/mol. The lowest BCUT2D eigenvalue weighted by Gasteiger charge is -2.23. The molecule has 4 aromatic carbocycles. The number of rotatable bonds is 4. The first kappa shape index (κ1) is 23.4. The zero-order valence-electron chi connectivity index (χ0n) is 21.0. The van der Waals surface area contributed by atoms with Crippen LogP contribution in [0.2, 0.25) is 0 Å². The van der Waals surface area contributed by atoms with E-state index in [2.05, 4.69) is 0 Å². The van der Waals surface area contributed by atoms with Crippen molar-refractivity contribution < 1.29 is 9.53 Å². The van der Waals surface area contributed by atoms with E-state index < -0.39 is 5.97 Å². The molecule has 184 valence electrons. The number of fused-ring (bicyclic) bond motifs is 2. The molecule has 0 unspecified atom stereocenters. The maximum atomic E-state index is 14.5. The highest BCUT2D eigenvalue weighted by molar-refractivity contribution is 6.06. The molecular weight excluding hydrogens is 472 g/mol. The van der Waals surface area contributed by atoms with Crippen molar-refractivity contribution in [2.45, 2.75) is 6.92 Å². The van der Waals surface area contributed by atoms with E-state index in [1.165, 1.54) is 7.11 Å². The normalized spacial score (nSPS) is 11.1. The van der Waals surface area contributed by atoms with Crippen LogP contribution in [0.4, 0.5) is 0 Å². The van der Waals surface area contributed by atoms with Gasteiger partial charge in [0.25, 0.3) is 5.56 Å². The summed E-state index contributed by atoms with van der Waals surface area (Å²) in [6.07, 6.45) is 1.75. The molecule has 5 heteroatoms. The maximum Gasteiger partial charge on any atom is 0.337 e. The number of esters is 1. The molecule has 6 rings (SSSR count). The number of carbonyl (C=O) groups excluding carboxylic acids is 1. The van der Waals surface area contributed by atoms with Gasteiger partial charge < -0.3 is 4.74 Å². The van der Waals surface area contributed by atoms with E-state index in [-0.39, 0.29) is 5.56 Å². The van der Waals surface area contributed by atoms with Gasteiger partial charge in [0.15, 0.2) is 0 Å². The Morgan fingerprint density at radius 1 is 0.789 bits per heavy atom. The fourth-order valence-electron chi connectivity index (χ4n) is 5.14. The molecule has 0 radical (unpaired) electrons. The van der Waals surface area contributed by atoms with Crippen molar-refractivity contribution in [2.24, 2.45) is 0 Å². The van der Waals surface area contributed by atoms with Crippen molar-refractivity contribution in [3.8, 4) is 28.1 Å². The van der Waals surface area contributed by atoms with Gasteiger partial charge in [0.05, 0.1) is 29.6 Å². The van der Waals surface area contributed by atoms with E-state index in [0.717, 1.165) is 44.5 Å². The van der Waals surface area contributed by atoms with Crippen LogP contribution >= 0.6 is 0 Å². The third-order valence-electron chi connectivity index (χ3n) is 6.89. The fourth-order valence-corrected chi connectivity index (χ4v) is 5.14. The standard InChI is InChI=1S/C33H24N2O3/c1-21-15-16-23-14-9-19-34-29(23)30(21)35-31(24-12-7-4-8-13-24)28(22-10-5-3-6-11-22)27-20-25(33(37)38-2)17-18-26(27)32(35)36/h3-20H,1-2H3. The second-order valence-corrected chi connectivity index (χ2v) is 9.15. The summed E-state index contributed by atoms with van der Waals surface area (Å²) in [7, 11) is 1.36. The van der Waals surface area contributed by atoms with Gasteiger partial charge in [-0.05, 0) is 53.3 Å². The number of hydrogen-bond donors (Lipinski definition) is 0. The lowest BCUT2D eigenvalue weighted by atomic mass is 9.92. The molecule has 0 aliphatic heterocycles. The van der Waals surface area contributed by atoms with Gasteiger partial charge in [0, 0.05) is 22.5 Å². The molecule has 0 amide bonds. The summed E-state index contributed by atoms with van der Waals surface area (Å²) in [5.74, 6) is -0.453. The SMILES string of the molecule is COC(=O)c1ccc2c(=O)n(-c3c(C)ccc4cccnc34)c(-c3ccccc3)c(-c3ccccc3)c2c1. The average Bonchev–Trinajstić information content (AvgIpc) is 2.97. The topological polar surface area (TPSA) is 61.2 Å². The molecule has 0 spiro atoms. The smallest absolute Gasteiger partial charge is 0.337 e. The predicted molar refractivity (Wildman–Crippen MR) is 152 cm³/mol. The number of aryl methyl sites for hydroxylation is 1. The van der Waals surface area contributed by atoms with Gasteiger partial charge in [-0.3, -0.25) is 14.3 Å². The molecule has 0 saturated carbocycles. The summed E-state index contributed by atoms with van der Waals surface area (Å²) >= 11 is 0. The first-order chi connectivity index (χ1) is 18.6. The molecule has 5 nitrogen and oxygen atoms in total. The molecule has 6 aromatic rings. The molecule has 0 fully saturated rings. The van der Waals surface area contributed by atoms with Gasteiger partial charge in [-0.25, -0.2) is 4.79 Å². The Morgan fingerprint density at radius 3 is 2.21 bits per heavy atom. The number of methoxy groups -OCH3 is 1. The van der Waals surface area contributed by atoms with Crippen molar-refractivity contribution in [3.05, 3.63) is 131 Å². The van der Waals surface area contributed by atoms with Gasteiger partial charge in [0.1, 0.15) is 0 Å². The van der Waals surface area contributed by atoms with E-state index in [4.69, 9.17) is 9.72 Å². The number of benzene rings is 4. The Balaban J connectivity index is 1.89. The molecule has 0 aliphatic carbocycles. The van der Waals surface area contributed by atoms with Gasteiger partial charge in [-0.2, -0.15) is 0 Å². The molecule has 0 aliphatic rings. The molecular formula is C33H24N2O3. The van der Waals surface area contributed by atoms with Gasteiger partial charge in [0.2, 0.25) is 0 Å². The molecule has 38 heavy (non-hydrogen) atoms. The van der Waals surface area contributed by atoms with Crippen LogP contribution in [0.1, 0.15) is 15.9 Å². The third kappa shape index (κ3) is 3.76. The molecule has 0 bridgehead atoms. The second-order valence-electron chi connectivity index (χ2n) is 9.15. The van der Waals surface area contributed by atoms with Crippen LogP contribution in [0.25, 0.3) is 49.7 Å². The number of nitrogens with zero attached hydrogens (tertiary/aromatic N) is 2. The Morgan fingerprint density at radius 2 is 1.50 bits per heavy atom. The van der Waals surface area contributed by atoms with Gasteiger partial charge in [-0.1, -0.05) is 78.9 Å². The number of ether oxygens (including phenoxy) is 1.